The van der Waals surface area contributed by atoms with Gasteiger partial charge >= 0.3 is 0 Å². The summed E-state index contributed by atoms with van der Waals surface area (Å²) in [5, 5.41) is 3.20. The normalized spacial score (nSPS) is 12.7. The van der Waals surface area contributed by atoms with Crippen molar-refractivity contribution < 1.29 is 4.39 Å². The van der Waals surface area contributed by atoms with E-state index in [1.165, 1.54) is 0 Å². The smallest absolute Gasteiger partial charge is 0.137 e. The summed E-state index contributed by atoms with van der Waals surface area (Å²) in [6.45, 7) is 8.06. The Morgan fingerprint density at radius 1 is 1.35 bits per heavy atom. The van der Waals surface area contributed by atoms with Gasteiger partial charge in [0, 0.05) is 17.2 Å². The predicted molar refractivity (Wildman–Crippen MR) is 74.0 cm³/mol. The van der Waals surface area contributed by atoms with E-state index in [1.54, 1.807) is 17.8 Å². The molecule has 1 N–H and O–H groups in total. The van der Waals surface area contributed by atoms with Crippen LogP contribution in [0, 0.1) is 11.7 Å². The number of nitrogens with one attached hydrogen (secondary N) is 1. The third-order valence-electron chi connectivity index (χ3n) is 2.80. The number of hydrogen-bond acceptors (Lipinski definition) is 2. The molecule has 1 rings (SSSR count). The predicted octanol–water partition coefficient (Wildman–Crippen LogP) is 4.07. The van der Waals surface area contributed by atoms with E-state index in [9.17, 15) is 4.39 Å². The third-order valence-corrected chi connectivity index (χ3v) is 4.17. The molecule has 1 atom stereocenters. The molecule has 0 heterocycles. The second-order valence-corrected chi connectivity index (χ2v) is 5.43. The van der Waals surface area contributed by atoms with Crippen LogP contribution in [-0.4, -0.2) is 12.3 Å². The highest BCUT2D eigenvalue weighted by atomic mass is 32.2. The third kappa shape index (κ3) is 5.09. The molecule has 0 aliphatic rings. The summed E-state index contributed by atoms with van der Waals surface area (Å²) in [4.78, 5) is 0.769. The zero-order valence-electron chi connectivity index (χ0n) is 10.9. The fourth-order valence-corrected chi connectivity index (χ4v) is 2.45. The lowest BCUT2D eigenvalue weighted by Crippen LogP contribution is -2.11. The Bertz CT molecular complexity index is 341. The van der Waals surface area contributed by atoms with Crippen molar-refractivity contribution in [3.63, 3.8) is 0 Å². The molecule has 0 spiro atoms. The van der Waals surface area contributed by atoms with Crippen LogP contribution in [0.2, 0.25) is 0 Å². The maximum absolute atomic E-state index is 13.8. The minimum atomic E-state index is -0.0892. The van der Waals surface area contributed by atoms with E-state index in [0.29, 0.717) is 5.92 Å². The molecule has 0 aliphatic heterocycles. The fraction of sp³-hybridized carbons (Fsp3) is 0.571. The first kappa shape index (κ1) is 14.5. The first-order valence-corrected chi connectivity index (χ1v) is 7.27. The Kier molecular flexibility index (Phi) is 6.60. The highest BCUT2D eigenvalue weighted by Crippen LogP contribution is 2.25. The molecule has 0 amide bonds. The van der Waals surface area contributed by atoms with Crippen LogP contribution in [0.4, 0.5) is 4.39 Å². The van der Waals surface area contributed by atoms with Crippen molar-refractivity contribution in [2.45, 2.75) is 38.6 Å². The Morgan fingerprint density at radius 2 is 2.12 bits per heavy atom. The maximum atomic E-state index is 13.8. The molecule has 1 aromatic rings. The molecule has 96 valence electrons. The van der Waals surface area contributed by atoms with E-state index in [1.807, 2.05) is 19.1 Å². The molecule has 1 unspecified atom stereocenters. The van der Waals surface area contributed by atoms with Crippen molar-refractivity contribution in [3.05, 3.63) is 29.6 Å². The van der Waals surface area contributed by atoms with Gasteiger partial charge in [0.05, 0.1) is 0 Å². The summed E-state index contributed by atoms with van der Waals surface area (Å²) in [5.74, 6) is 1.54. The van der Waals surface area contributed by atoms with Gasteiger partial charge < -0.3 is 5.32 Å². The number of halogens is 1. The summed E-state index contributed by atoms with van der Waals surface area (Å²) in [5.41, 5.74) is 1.01. The molecule has 3 heteroatoms. The van der Waals surface area contributed by atoms with Crippen LogP contribution in [-0.2, 0) is 6.54 Å². The van der Waals surface area contributed by atoms with Crippen LogP contribution in [0.5, 0.6) is 0 Å². The van der Waals surface area contributed by atoms with E-state index in [4.69, 9.17) is 0 Å². The summed E-state index contributed by atoms with van der Waals surface area (Å²) in [7, 11) is 0. The molecule has 0 saturated heterocycles. The van der Waals surface area contributed by atoms with Gasteiger partial charge in [0.25, 0.3) is 0 Å². The van der Waals surface area contributed by atoms with Gasteiger partial charge in [0.1, 0.15) is 5.82 Å². The highest BCUT2D eigenvalue weighted by molar-refractivity contribution is 7.99. The van der Waals surface area contributed by atoms with Crippen molar-refractivity contribution in [1.29, 1.82) is 0 Å². The van der Waals surface area contributed by atoms with Crippen LogP contribution in [0.3, 0.4) is 0 Å². The van der Waals surface area contributed by atoms with Crippen LogP contribution >= 0.6 is 11.8 Å². The van der Waals surface area contributed by atoms with Crippen LogP contribution < -0.4 is 5.32 Å². The van der Waals surface area contributed by atoms with Crippen LogP contribution in [0.25, 0.3) is 0 Å². The average molecular weight is 255 g/mol. The van der Waals surface area contributed by atoms with Gasteiger partial charge in [-0.25, -0.2) is 4.39 Å². The van der Waals surface area contributed by atoms with Gasteiger partial charge in [-0.2, -0.15) is 0 Å². The highest BCUT2D eigenvalue weighted by Gasteiger charge is 2.06. The summed E-state index contributed by atoms with van der Waals surface area (Å²) < 4.78 is 13.8. The quantitative estimate of drug-likeness (QED) is 0.737. The molecule has 0 aromatic heterocycles. The first-order valence-electron chi connectivity index (χ1n) is 6.29. The molecule has 0 saturated carbocycles. The minimum Gasteiger partial charge on any atom is -0.313 e. The van der Waals surface area contributed by atoms with Crippen molar-refractivity contribution in [2.24, 2.45) is 5.92 Å². The van der Waals surface area contributed by atoms with Crippen LogP contribution in [0.1, 0.15) is 32.8 Å². The lowest BCUT2D eigenvalue weighted by Gasteiger charge is -2.09. The van der Waals surface area contributed by atoms with E-state index < -0.39 is 0 Å². The molecule has 0 aliphatic carbocycles. The van der Waals surface area contributed by atoms with Gasteiger partial charge in [-0.1, -0.05) is 33.3 Å². The molecular weight excluding hydrogens is 233 g/mol. The minimum absolute atomic E-state index is 0.0892. The second-order valence-electron chi connectivity index (χ2n) is 4.37. The topological polar surface area (TPSA) is 12.0 Å². The largest absolute Gasteiger partial charge is 0.313 e. The van der Waals surface area contributed by atoms with E-state index in [-0.39, 0.29) is 5.82 Å². The van der Waals surface area contributed by atoms with Crippen molar-refractivity contribution in [1.82, 2.24) is 5.32 Å². The Labute approximate surface area is 108 Å². The first-order chi connectivity index (χ1) is 8.17. The van der Waals surface area contributed by atoms with Gasteiger partial charge in [-0.3, -0.25) is 0 Å². The summed E-state index contributed by atoms with van der Waals surface area (Å²) in [6, 6.07) is 5.54. The van der Waals surface area contributed by atoms with Gasteiger partial charge in [-0.05, 0) is 30.2 Å². The van der Waals surface area contributed by atoms with Crippen molar-refractivity contribution in [2.75, 3.05) is 12.3 Å². The monoisotopic (exact) mass is 255 g/mol. The average Bonchev–Trinajstić information content (AvgIpc) is 2.34. The Balaban J connectivity index is 2.56. The van der Waals surface area contributed by atoms with E-state index >= 15 is 0 Å². The molecule has 1 nitrogen and oxygen atoms in total. The lowest BCUT2D eigenvalue weighted by atomic mass is 10.2. The molecule has 1 aromatic carbocycles. The Morgan fingerprint density at radius 3 is 2.71 bits per heavy atom. The van der Waals surface area contributed by atoms with Gasteiger partial charge in [0.2, 0.25) is 0 Å². The lowest BCUT2D eigenvalue weighted by molar-refractivity contribution is 0.594. The fourth-order valence-electron chi connectivity index (χ4n) is 1.39. The molecule has 0 radical (unpaired) electrons. The van der Waals surface area contributed by atoms with Gasteiger partial charge in [0.15, 0.2) is 0 Å². The zero-order chi connectivity index (χ0) is 12.7. The molecule has 0 fully saturated rings. The van der Waals surface area contributed by atoms with E-state index in [0.717, 1.165) is 35.7 Å². The van der Waals surface area contributed by atoms with Crippen molar-refractivity contribution in [3.8, 4) is 0 Å². The number of benzene rings is 1. The van der Waals surface area contributed by atoms with Gasteiger partial charge in [-0.15, -0.1) is 11.8 Å². The second kappa shape index (κ2) is 7.72. The molecular formula is C14H22FNS. The van der Waals surface area contributed by atoms with E-state index in [2.05, 4.69) is 19.2 Å². The SMILES string of the molecule is CCNCc1ccc(SCC(C)CC)c(F)c1. The number of thioether (sulfide) groups is 1. The Hall–Kier alpha value is -0.540. The summed E-state index contributed by atoms with van der Waals surface area (Å²) >= 11 is 1.62. The standard InChI is InChI=1S/C14H22FNS/c1-4-11(3)10-17-14-7-6-12(8-13(14)15)9-16-5-2/h6-8,11,16H,4-5,9-10H2,1-3H3. The molecule has 17 heavy (non-hydrogen) atoms. The van der Waals surface area contributed by atoms with Crippen LogP contribution in [0.15, 0.2) is 23.1 Å². The molecule has 0 bridgehead atoms. The van der Waals surface area contributed by atoms with Crippen molar-refractivity contribution >= 4 is 11.8 Å². The number of hydrogen-bond donors (Lipinski definition) is 1. The summed E-state index contributed by atoms with van der Waals surface area (Å²) in [6.07, 6.45) is 1.15. The maximum Gasteiger partial charge on any atom is 0.137 e. The zero-order valence-corrected chi connectivity index (χ0v) is 11.7. The number of rotatable bonds is 7.